The maximum Gasteiger partial charge on any atom is 0.328 e. The molecular weight excluding hydrogens is 128 g/mol. The first-order valence-electron chi connectivity index (χ1n) is 3.39. The molecule has 10 heavy (non-hydrogen) atoms. The third-order valence-corrected chi connectivity index (χ3v) is 1.48. The SMILES string of the molecule is O=C(O)/C=C1\C=CCCC1. The molecule has 0 fully saturated rings. The van der Waals surface area contributed by atoms with E-state index >= 15 is 0 Å². The minimum Gasteiger partial charge on any atom is -0.478 e. The summed E-state index contributed by atoms with van der Waals surface area (Å²) in [6, 6.07) is 0. The average Bonchev–Trinajstić information content (AvgIpc) is 1.88. The lowest BCUT2D eigenvalue weighted by Gasteiger charge is -2.04. The highest BCUT2D eigenvalue weighted by atomic mass is 16.4. The number of carboxylic acid groups (broad SMARTS) is 1. The monoisotopic (exact) mass is 138 g/mol. The summed E-state index contributed by atoms with van der Waals surface area (Å²) in [6.07, 6.45) is 8.24. The zero-order chi connectivity index (χ0) is 7.40. The van der Waals surface area contributed by atoms with Gasteiger partial charge in [-0.15, -0.1) is 0 Å². The highest BCUT2D eigenvalue weighted by Crippen LogP contribution is 2.15. The number of hydrogen-bond acceptors (Lipinski definition) is 1. The van der Waals surface area contributed by atoms with Crippen LogP contribution in [0.15, 0.2) is 23.8 Å². The van der Waals surface area contributed by atoms with E-state index in [1.54, 1.807) is 0 Å². The zero-order valence-corrected chi connectivity index (χ0v) is 5.71. The van der Waals surface area contributed by atoms with Crippen molar-refractivity contribution < 1.29 is 9.90 Å². The molecule has 0 aliphatic heterocycles. The van der Waals surface area contributed by atoms with E-state index in [0.29, 0.717) is 0 Å². The molecule has 0 aromatic rings. The van der Waals surface area contributed by atoms with Crippen LogP contribution in [0, 0.1) is 0 Å². The minimum atomic E-state index is -0.846. The molecule has 0 saturated heterocycles. The molecule has 1 N–H and O–H groups in total. The number of allylic oxidation sites excluding steroid dienone is 3. The van der Waals surface area contributed by atoms with Crippen molar-refractivity contribution in [2.45, 2.75) is 19.3 Å². The summed E-state index contributed by atoms with van der Waals surface area (Å²) in [6.45, 7) is 0. The summed E-state index contributed by atoms with van der Waals surface area (Å²) in [5.41, 5.74) is 0.929. The van der Waals surface area contributed by atoms with Crippen LogP contribution >= 0.6 is 0 Å². The Labute approximate surface area is 59.9 Å². The van der Waals surface area contributed by atoms with Gasteiger partial charge in [0.15, 0.2) is 0 Å². The van der Waals surface area contributed by atoms with E-state index in [4.69, 9.17) is 5.11 Å². The minimum absolute atomic E-state index is 0.846. The van der Waals surface area contributed by atoms with Crippen LogP contribution in [-0.2, 0) is 4.79 Å². The van der Waals surface area contributed by atoms with Crippen LogP contribution in [-0.4, -0.2) is 11.1 Å². The molecule has 0 atom stereocenters. The second kappa shape index (κ2) is 3.20. The van der Waals surface area contributed by atoms with Crippen molar-refractivity contribution in [2.75, 3.05) is 0 Å². The predicted molar refractivity (Wildman–Crippen MR) is 38.7 cm³/mol. The third-order valence-electron chi connectivity index (χ3n) is 1.48. The van der Waals surface area contributed by atoms with Gasteiger partial charge in [-0.3, -0.25) is 0 Å². The molecule has 2 heteroatoms. The van der Waals surface area contributed by atoms with Gasteiger partial charge in [0.05, 0.1) is 0 Å². The molecule has 0 aromatic heterocycles. The van der Waals surface area contributed by atoms with Gasteiger partial charge in [0.1, 0.15) is 0 Å². The smallest absolute Gasteiger partial charge is 0.328 e. The Bertz CT molecular complexity index is 189. The lowest BCUT2D eigenvalue weighted by atomic mass is 10.0. The average molecular weight is 138 g/mol. The van der Waals surface area contributed by atoms with Crippen molar-refractivity contribution in [2.24, 2.45) is 0 Å². The summed E-state index contributed by atoms with van der Waals surface area (Å²) >= 11 is 0. The van der Waals surface area contributed by atoms with Gasteiger partial charge >= 0.3 is 5.97 Å². The number of rotatable bonds is 1. The Kier molecular flexibility index (Phi) is 2.26. The quantitative estimate of drug-likeness (QED) is 0.560. The van der Waals surface area contributed by atoms with E-state index in [1.165, 1.54) is 6.08 Å². The van der Waals surface area contributed by atoms with E-state index in [1.807, 2.05) is 12.2 Å². The van der Waals surface area contributed by atoms with Crippen LogP contribution in [0.25, 0.3) is 0 Å². The summed E-state index contributed by atoms with van der Waals surface area (Å²) in [4.78, 5) is 10.2. The first kappa shape index (κ1) is 7.06. The molecule has 1 rings (SSSR count). The summed E-state index contributed by atoms with van der Waals surface area (Å²) < 4.78 is 0. The van der Waals surface area contributed by atoms with Crippen molar-refractivity contribution >= 4 is 5.97 Å². The first-order chi connectivity index (χ1) is 4.79. The van der Waals surface area contributed by atoms with Crippen LogP contribution in [0.2, 0.25) is 0 Å². The van der Waals surface area contributed by atoms with E-state index in [0.717, 1.165) is 24.8 Å². The molecule has 1 aliphatic carbocycles. The van der Waals surface area contributed by atoms with Gasteiger partial charge in [-0.1, -0.05) is 12.2 Å². The predicted octanol–water partition coefficient (Wildman–Crippen LogP) is 1.74. The van der Waals surface area contributed by atoms with Gasteiger partial charge in [-0.2, -0.15) is 0 Å². The van der Waals surface area contributed by atoms with E-state index < -0.39 is 5.97 Å². The number of carbonyl (C=O) groups is 1. The van der Waals surface area contributed by atoms with Crippen LogP contribution in [0.3, 0.4) is 0 Å². The molecule has 0 aromatic carbocycles. The Balaban J connectivity index is 2.62. The van der Waals surface area contributed by atoms with Crippen LogP contribution in [0.5, 0.6) is 0 Å². The lowest BCUT2D eigenvalue weighted by molar-refractivity contribution is -0.131. The molecular formula is C8H10O2. The number of aliphatic carboxylic acids is 1. The van der Waals surface area contributed by atoms with Crippen molar-refractivity contribution in [1.29, 1.82) is 0 Å². The lowest BCUT2D eigenvalue weighted by Crippen LogP contribution is -1.93. The van der Waals surface area contributed by atoms with Crippen LogP contribution < -0.4 is 0 Å². The summed E-state index contributed by atoms with van der Waals surface area (Å²) in [5, 5.41) is 8.36. The molecule has 0 radical (unpaired) electrons. The van der Waals surface area contributed by atoms with Crippen LogP contribution in [0.4, 0.5) is 0 Å². The van der Waals surface area contributed by atoms with E-state index in [9.17, 15) is 4.79 Å². The number of carboxylic acids is 1. The molecule has 0 heterocycles. The van der Waals surface area contributed by atoms with Gasteiger partial charge in [-0.25, -0.2) is 4.79 Å². The molecule has 0 saturated carbocycles. The topological polar surface area (TPSA) is 37.3 Å². The molecule has 0 bridgehead atoms. The van der Waals surface area contributed by atoms with Crippen molar-refractivity contribution in [3.05, 3.63) is 23.8 Å². The second-order valence-corrected chi connectivity index (χ2v) is 2.35. The maximum absolute atomic E-state index is 10.2. The normalized spacial score (nSPS) is 21.4. The molecule has 2 nitrogen and oxygen atoms in total. The highest BCUT2D eigenvalue weighted by molar-refractivity contribution is 5.81. The Morgan fingerprint density at radius 1 is 1.70 bits per heavy atom. The fraction of sp³-hybridized carbons (Fsp3) is 0.375. The molecule has 0 unspecified atom stereocenters. The fourth-order valence-electron chi connectivity index (χ4n) is 1.02. The highest BCUT2D eigenvalue weighted by Gasteiger charge is 1.99. The van der Waals surface area contributed by atoms with Crippen molar-refractivity contribution in [1.82, 2.24) is 0 Å². The second-order valence-electron chi connectivity index (χ2n) is 2.35. The fourth-order valence-corrected chi connectivity index (χ4v) is 1.02. The molecule has 54 valence electrons. The van der Waals surface area contributed by atoms with Crippen LogP contribution in [0.1, 0.15) is 19.3 Å². The van der Waals surface area contributed by atoms with Crippen molar-refractivity contribution in [3.63, 3.8) is 0 Å². The number of hydrogen-bond donors (Lipinski definition) is 1. The summed E-state index contributed by atoms with van der Waals surface area (Å²) in [5.74, 6) is -0.846. The summed E-state index contributed by atoms with van der Waals surface area (Å²) in [7, 11) is 0. The molecule has 1 aliphatic rings. The molecule has 0 spiro atoms. The standard InChI is InChI=1S/C8H10O2/c9-8(10)6-7-4-2-1-3-5-7/h2,4,6H,1,3,5H2,(H,9,10)/b7-6+. The van der Waals surface area contributed by atoms with Gasteiger partial charge in [-0.05, 0) is 24.8 Å². The van der Waals surface area contributed by atoms with Gasteiger partial charge in [0.25, 0.3) is 0 Å². The van der Waals surface area contributed by atoms with Gasteiger partial charge < -0.3 is 5.11 Å². The van der Waals surface area contributed by atoms with Gasteiger partial charge in [0, 0.05) is 6.08 Å². The Morgan fingerprint density at radius 2 is 2.50 bits per heavy atom. The Morgan fingerprint density at radius 3 is 3.00 bits per heavy atom. The third kappa shape index (κ3) is 2.05. The largest absolute Gasteiger partial charge is 0.478 e. The zero-order valence-electron chi connectivity index (χ0n) is 5.71. The van der Waals surface area contributed by atoms with Gasteiger partial charge in [0.2, 0.25) is 0 Å². The maximum atomic E-state index is 10.2. The van der Waals surface area contributed by atoms with Crippen molar-refractivity contribution in [3.8, 4) is 0 Å². The Hall–Kier alpha value is -1.05. The molecule has 0 amide bonds. The van der Waals surface area contributed by atoms with E-state index in [-0.39, 0.29) is 0 Å². The first-order valence-corrected chi connectivity index (χ1v) is 3.39. The van der Waals surface area contributed by atoms with E-state index in [2.05, 4.69) is 0 Å².